The fourth-order valence-electron chi connectivity index (χ4n) is 3.58. The molecule has 2 heterocycles. The van der Waals surface area contributed by atoms with E-state index < -0.39 is 23.0 Å². The van der Waals surface area contributed by atoms with Gasteiger partial charge in [-0.2, -0.15) is 13.2 Å². The normalized spacial score (nSPS) is 11.5. The minimum absolute atomic E-state index is 0.0000455. The molecule has 4 rings (SSSR count). The van der Waals surface area contributed by atoms with Gasteiger partial charge >= 0.3 is 6.18 Å². The van der Waals surface area contributed by atoms with Crippen LogP contribution in [0.1, 0.15) is 32.7 Å². The Morgan fingerprint density at radius 3 is 2.45 bits per heavy atom. The van der Waals surface area contributed by atoms with Gasteiger partial charge in [0.2, 0.25) is 5.43 Å². The van der Waals surface area contributed by atoms with Gasteiger partial charge in [-0.05, 0) is 61.0 Å². The molecule has 4 aromatic rings. The second-order valence-corrected chi connectivity index (χ2v) is 7.58. The summed E-state index contributed by atoms with van der Waals surface area (Å²) in [5.41, 5.74) is 0.226. The number of hydrogen-bond acceptors (Lipinski definition) is 4. The van der Waals surface area contributed by atoms with Crippen LogP contribution in [0.4, 0.5) is 13.2 Å². The fraction of sp³-hybridized carbons (Fsp3) is 0.160. The first kappa shape index (κ1) is 22.3. The molecule has 5 nitrogen and oxygen atoms in total. The van der Waals surface area contributed by atoms with E-state index in [1.165, 1.54) is 23.9 Å². The lowest BCUT2D eigenvalue weighted by atomic mass is 10.0. The number of rotatable bonds is 5. The quantitative estimate of drug-likeness (QED) is 0.400. The van der Waals surface area contributed by atoms with Crippen LogP contribution in [-0.4, -0.2) is 22.4 Å². The van der Waals surface area contributed by atoms with Gasteiger partial charge in [0.15, 0.2) is 5.78 Å². The predicted octanol–water partition coefficient (Wildman–Crippen LogP) is 5.01. The van der Waals surface area contributed by atoms with Gasteiger partial charge in [-0.1, -0.05) is 12.1 Å². The van der Waals surface area contributed by atoms with Crippen LogP contribution >= 0.6 is 0 Å². The standard InChI is InChI=1S/C25H19F3N2O3/c1-15-6-11-20-23(32)21(22(31)17-7-9-19(33-2)10-8-17)14-30(24(20)29-15)13-16-4-3-5-18(12-16)25(26,27)28/h3-12,14H,13H2,1-2H3. The van der Waals surface area contributed by atoms with Crippen LogP contribution in [0.15, 0.2) is 71.7 Å². The van der Waals surface area contributed by atoms with E-state index >= 15 is 0 Å². The third kappa shape index (κ3) is 4.50. The maximum Gasteiger partial charge on any atom is 0.416 e. The molecule has 33 heavy (non-hydrogen) atoms. The third-order valence-electron chi connectivity index (χ3n) is 5.26. The second kappa shape index (κ2) is 8.54. The SMILES string of the molecule is COc1ccc(C(=O)c2cn(Cc3cccc(C(F)(F)F)c3)c3nc(C)ccc3c2=O)cc1. The summed E-state index contributed by atoms with van der Waals surface area (Å²) in [6.45, 7) is 1.75. The molecular formula is C25H19F3N2O3. The molecule has 8 heteroatoms. The van der Waals surface area contributed by atoms with Crippen molar-refractivity contribution in [1.82, 2.24) is 9.55 Å². The largest absolute Gasteiger partial charge is 0.497 e. The Morgan fingerprint density at radius 2 is 1.79 bits per heavy atom. The van der Waals surface area contributed by atoms with E-state index in [1.54, 1.807) is 49.4 Å². The monoisotopic (exact) mass is 452 g/mol. The van der Waals surface area contributed by atoms with Crippen LogP contribution in [0.25, 0.3) is 11.0 Å². The van der Waals surface area contributed by atoms with E-state index in [0.29, 0.717) is 22.7 Å². The summed E-state index contributed by atoms with van der Waals surface area (Å²) in [7, 11) is 1.50. The van der Waals surface area contributed by atoms with Crippen molar-refractivity contribution in [3.05, 3.63) is 105 Å². The van der Waals surface area contributed by atoms with Crippen molar-refractivity contribution < 1.29 is 22.7 Å². The van der Waals surface area contributed by atoms with Crippen molar-refractivity contribution in [2.75, 3.05) is 7.11 Å². The molecule has 0 saturated heterocycles. The van der Waals surface area contributed by atoms with Crippen LogP contribution in [-0.2, 0) is 12.7 Å². The Balaban J connectivity index is 1.85. The van der Waals surface area contributed by atoms with Gasteiger partial charge in [0, 0.05) is 24.0 Å². The van der Waals surface area contributed by atoms with Gasteiger partial charge in [0.25, 0.3) is 0 Å². The highest BCUT2D eigenvalue weighted by molar-refractivity contribution is 6.10. The molecule has 0 aliphatic rings. The highest BCUT2D eigenvalue weighted by atomic mass is 19.4. The molecule has 0 N–H and O–H groups in total. The second-order valence-electron chi connectivity index (χ2n) is 7.58. The van der Waals surface area contributed by atoms with E-state index in [1.807, 2.05) is 0 Å². The first-order valence-corrected chi connectivity index (χ1v) is 10.0. The zero-order valence-electron chi connectivity index (χ0n) is 17.8. The predicted molar refractivity (Wildman–Crippen MR) is 118 cm³/mol. The first-order valence-electron chi connectivity index (χ1n) is 10.0. The topological polar surface area (TPSA) is 61.2 Å². The number of benzene rings is 2. The number of methoxy groups -OCH3 is 1. The Bertz CT molecular complexity index is 1410. The molecule has 0 fully saturated rings. The zero-order valence-corrected chi connectivity index (χ0v) is 17.8. The van der Waals surface area contributed by atoms with Crippen molar-refractivity contribution in [3.8, 4) is 5.75 Å². The van der Waals surface area contributed by atoms with Crippen molar-refractivity contribution in [2.24, 2.45) is 0 Å². The van der Waals surface area contributed by atoms with Crippen molar-refractivity contribution >= 4 is 16.8 Å². The number of pyridine rings is 2. The smallest absolute Gasteiger partial charge is 0.416 e. The van der Waals surface area contributed by atoms with E-state index in [-0.39, 0.29) is 23.1 Å². The lowest BCUT2D eigenvalue weighted by molar-refractivity contribution is -0.137. The maximum atomic E-state index is 13.2. The average Bonchev–Trinajstić information content (AvgIpc) is 2.80. The molecule has 0 unspecified atom stereocenters. The van der Waals surface area contributed by atoms with E-state index in [2.05, 4.69) is 4.98 Å². The molecule has 0 radical (unpaired) electrons. The number of aryl methyl sites for hydroxylation is 1. The van der Waals surface area contributed by atoms with Gasteiger partial charge < -0.3 is 9.30 Å². The number of aromatic nitrogens is 2. The Hall–Kier alpha value is -3.94. The molecule has 2 aromatic heterocycles. The molecule has 168 valence electrons. The number of halogens is 3. The lowest BCUT2D eigenvalue weighted by Crippen LogP contribution is -2.21. The fourth-order valence-corrected chi connectivity index (χ4v) is 3.58. The number of nitrogens with zero attached hydrogens (tertiary/aromatic N) is 2. The maximum absolute atomic E-state index is 13.2. The molecule has 0 spiro atoms. The average molecular weight is 452 g/mol. The summed E-state index contributed by atoms with van der Waals surface area (Å²) < 4.78 is 46.1. The summed E-state index contributed by atoms with van der Waals surface area (Å²) in [6.07, 6.45) is -3.12. The molecule has 0 amide bonds. The van der Waals surface area contributed by atoms with Crippen LogP contribution in [0, 0.1) is 6.92 Å². The van der Waals surface area contributed by atoms with Crippen LogP contribution < -0.4 is 10.2 Å². The first-order chi connectivity index (χ1) is 15.7. The van der Waals surface area contributed by atoms with E-state index in [9.17, 15) is 22.8 Å². The number of hydrogen-bond donors (Lipinski definition) is 0. The molecule has 0 bridgehead atoms. The number of alkyl halides is 3. The van der Waals surface area contributed by atoms with Crippen molar-refractivity contribution in [1.29, 1.82) is 0 Å². The molecule has 2 aromatic carbocycles. The third-order valence-corrected chi connectivity index (χ3v) is 5.26. The zero-order chi connectivity index (χ0) is 23.8. The van der Waals surface area contributed by atoms with Gasteiger partial charge in [0.05, 0.1) is 23.6 Å². The Morgan fingerprint density at radius 1 is 1.06 bits per heavy atom. The van der Waals surface area contributed by atoms with Crippen LogP contribution in [0.2, 0.25) is 0 Å². The van der Waals surface area contributed by atoms with E-state index in [0.717, 1.165) is 12.1 Å². The van der Waals surface area contributed by atoms with Crippen LogP contribution in [0.3, 0.4) is 0 Å². The van der Waals surface area contributed by atoms with Gasteiger partial charge in [-0.15, -0.1) is 0 Å². The number of carbonyl (C=O) groups is 1. The summed E-state index contributed by atoms with van der Waals surface area (Å²) in [4.78, 5) is 30.7. The Labute approximate surface area is 187 Å². The number of fused-ring (bicyclic) bond motifs is 1. The van der Waals surface area contributed by atoms with Gasteiger partial charge in [-0.25, -0.2) is 4.98 Å². The molecule has 0 aliphatic heterocycles. The molecule has 0 saturated carbocycles. The van der Waals surface area contributed by atoms with Crippen molar-refractivity contribution in [3.63, 3.8) is 0 Å². The van der Waals surface area contributed by atoms with Crippen LogP contribution in [0.5, 0.6) is 5.75 Å². The highest BCUT2D eigenvalue weighted by Gasteiger charge is 2.30. The summed E-state index contributed by atoms with van der Waals surface area (Å²) in [5, 5.41) is 0.215. The lowest BCUT2D eigenvalue weighted by Gasteiger charge is -2.14. The minimum atomic E-state index is -4.48. The summed E-state index contributed by atoms with van der Waals surface area (Å²) in [5.74, 6) is 0.0645. The Kier molecular flexibility index (Phi) is 5.76. The number of carbonyl (C=O) groups excluding carboxylic acids is 1. The number of ketones is 1. The summed E-state index contributed by atoms with van der Waals surface area (Å²) in [6, 6.07) is 14.5. The molecular weight excluding hydrogens is 433 g/mol. The van der Waals surface area contributed by atoms with Gasteiger partial charge in [0.1, 0.15) is 11.4 Å². The molecule has 0 aliphatic carbocycles. The highest BCUT2D eigenvalue weighted by Crippen LogP contribution is 2.30. The molecule has 0 atom stereocenters. The minimum Gasteiger partial charge on any atom is -0.497 e. The van der Waals surface area contributed by atoms with Crippen molar-refractivity contribution in [2.45, 2.75) is 19.6 Å². The number of ether oxygens (including phenoxy) is 1. The van der Waals surface area contributed by atoms with Gasteiger partial charge in [-0.3, -0.25) is 9.59 Å². The summed E-state index contributed by atoms with van der Waals surface area (Å²) >= 11 is 0. The van der Waals surface area contributed by atoms with E-state index in [4.69, 9.17) is 4.74 Å².